The molecule has 3 heterocycles. The van der Waals surface area contributed by atoms with Crippen LogP contribution >= 0.6 is 19.9 Å². The van der Waals surface area contributed by atoms with Crippen molar-refractivity contribution < 1.29 is 28.0 Å². The summed E-state index contributed by atoms with van der Waals surface area (Å²) >= 11 is 1.02. The molecule has 2 aliphatic heterocycles. The monoisotopic (exact) mass is 459 g/mol. The van der Waals surface area contributed by atoms with Crippen LogP contribution in [0.3, 0.4) is 0 Å². The van der Waals surface area contributed by atoms with E-state index in [0.717, 1.165) is 21.9 Å². The Hall–Kier alpha value is -1.59. The van der Waals surface area contributed by atoms with Crippen molar-refractivity contribution in [3.63, 3.8) is 0 Å². The maximum absolute atomic E-state index is 14.7. The van der Waals surface area contributed by atoms with Crippen molar-refractivity contribution in [3.8, 4) is 0 Å². The maximum atomic E-state index is 14.7. The SMILES string of the molecule is Nc1ccn([C@@H]2S[C@H](CO[PH]3(O)OCC[C@H](c4ccccc4)O3)[C@@H](O)[C@@H]2F)c(=O)n1. The summed E-state index contributed by atoms with van der Waals surface area (Å²) in [6.45, 7) is 0.0493. The molecule has 2 aromatic rings. The molecular weight excluding hydrogens is 436 g/mol. The summed E-state index contributed by atoms with van der Waals surface area (Å²) in [7, 11) is -3.97. The molecule has 0 amide bonds. The van der Waals surface area contributed by atoms with E-state index in [1.807, 2.05) is 30.3 Å². The van der Waals surface area contributed by atoms with Crippen molar-refractivity contribution in [1.29, 1.82) is 0 Å². The minimum atomic E-state index is -3.97. The van der Waals surface area contributed by atoms with Crippen LogP contribution in [0.1, 0.15) is 23.5 Å². The Kier molecular flexibility index (Phi) is 6.40. The molecule has 1 aromatic heterocycles. The second kappa shape index (κ2) is 8.88. The average molecular weight is 459 g/mol. The summed E-state index contributed by atoms with van der Waals surface area (Å²) in [6.07, 6.45) is -1.61. The average Bonchev–Trinajstić information content (AvgIpc) is 3.01. The molecule has 5 atom stereocenters. The van der Waals surface area contributed by atoms with Crippen molar-refractivity contribution >= 4 is 25.7 Å². The van der Waals surface area contributed by atoms with E-state index in [-0.39, 0.29) is 25.1 Å². The van der Waals surface area contributed by atoms with Crippen molar-refractivity contribution in [2.75, 3.05) is 18.9 Å². The summed E-state index contributed by atoms with van der Waals surface area (Å²) in [4.78, 5) is 26.3. The molecule has 2 saturated heterocycles. The first-order chi connectivity index (χ1) is 14.4. The number of nitrogens with two attached hydrogens (primary N) is 1. The van der Waals surface area contributed by atoms with Gasteiger partial charge in [-0.1, -0.05) is 0 Å². The van der Waals surface area contributed by atoms with E-state index < -0.39 is 36.8 Å². The molecule has 1 aromatic carbocycles. The van der Waals surface area contributed by atoms with Gasteiger partial charge in [-0.3, -0.25) is 0 Å². The Morgan fingerprint density at radius 3 is 2.87 bits per heavy atom. The molecule has 0 unspecified atom stereocenters. The number of rotatable bonds is 5. The van der Waals surface area contributed by atoms with Gasteiger partial charge in [0.1, 0.15) is 0 Å². The third-order valence-electron chi connectivity index (χ3n) is 4.98. The van der Waals surface area contributed by atoms with Crippen LogP contribution in [0.2, 0.25) is 0 Å². The van der Waals surface area contributed by atoms with E-state index in [9.17, 15) is 19.2 Å². The van der Waals surface area contributed by atoms with Crippen LogP contribution in [0.5, 0.6) is 0 Å². The van der Waals surface area contributed by atoms with Crippen molar-refractivity contribution in [3.05, 3.63) is 58.6 Å². The Bertz CT molecular complexity index is 940. The van der Waals surface area contributed by atoms with Gasteiger partial charge in [-0.15, -0.1) is 0 Å². The molecule has 4 N–H and O–H groups in total. The Morgan fingerprint density at radius 2 is 2.13 bits per heavy atom. The van der Waals surface area contributed by atoms with Crippen LogP contribution in [0.25, 0.3) is 0 Å². The molecule has 9 nitrogen and oxygen atoms in total. The zero-order valence-corrected chi connectivity index (χ0v) is 17.7. The number of hydrogen-bond acceptors (Lipinski definition) is 9. The predicted octanol–water partition coefficient (Wildman–Crippen LogP) is 1.74. The third kappa shape index (κ3) is 4.52. The molecule has 30 heavy (non-hydrogen) atoms. The standard InChI is InChI=1S/C18H23FN3O6PS/c19-15-16(23)13(30-17(15)22-8-6-14(20)21-18(22)24)10-27-29(25)26-9-7-12(28-29)11-4-2-1-3-5-11/h1-6,8,12-13,15-17,23,25,29H,7,9-10H2,(H2,20,21,24)/t12-,13-,15+,16-,17-/m1/s1. The summed E-state index contributed by atoms with van der Waals surface area (Å²) in [5.74, 6) is 0.0304. The fourth-order valence-electron chi connectivity index (χ4n) is 3.42. The molecule has 12 heteroatoms. The molecule has 4 rings (SSSR count). The number of aliphatic hydroxyl groups is 1. The number of halogens is 1. The molecule has 2 fully saturated rings. The first-order valence-electron chi connectivity index (χ1n) is 9.41. The van der Waals surface area contributed by atoms with Crippen LogP contribution in [0.4, 0.5) is 10.2 Å². The van der Waals surface area contributed by atoms with Gasteiger partial charge in [-0.25, -0.2) is 0 Å². The summed E-state index contributed by atoms with van der Waals surface area (Å²) < 4.78 is 32.4. The first kappa shape index (κ1) is 21.6. The number of benzene rings is 1. The van der Waals surface area contributed by atoms with Crippen molar-refractivity contribution in [1.82, 2.24) is 9.55 Å². The number of aliphatic hydroxyl groups excluding tert-OH is 1. The van der Waals surface area contributed by atoms with Crippen LogP contribution in [-0.4, -0.2) is 50.3 Å². The number of aromatic nitrogens is 2. The number of alkyl halides is 1. The molecule has 0 saturated carbocycles. The van der Waals surface area contributed by atoms with Gasteiger partial charge in [-0.2, -0.15) is 0 Å². The second-order valence-electron chi connectivity index (χ2n) is 7.03. The quantitative estimate of drug-likeness (QED) is 0.573. The molecule has 164 valence electrons. The number of nitrogens with zero attached hydrogens (tertiary/aromatic N) is 2. The molecule has 0 spiro atoms. The van der Waals surface area contributed by atoms with E-state index in [1.165, 1.54) is 12.3 Å². The summed E-state index contributed by atoms with van der Waals surface area (Å²) in [6, 6.07) is 10.8. The van der Waals surface area contributed by atoms with Crippen molar-refractivity contribution in [2.24, 2.45) is 0 Å². The van der Waals surface area contributed by atoms with Gasteiger partial charge in [0.15, 0.2) is 0 Å². The summed E-state index contributed by atoms with van der Waals surface area (Å²) in [5.41, 5.74) is 5.65. The zero-order valence-electron chi connectivity index (χ0n) is 15.8. The fourth-order valence-corrected chi connectivity index (χ4v) is 6.56. The van der Waals surface area contributed by atoms with Crippen LogP contribution in [0, 0.1) is 0 Å². The summed E-state index contributed by atoms with van der Waals surface area (Å²) in [5, 5.41) is 8.56. The van der Waals surface area contributed by atoms with E-state index in [1.54, 1.807) is 0 Å². The topological polar surface area (TPSA) is 129 Å². The van der Waals surface area contributed by atoms with Gasteiger partial charge in [0.25, 0.3) is 0 Å². The predicted molar refractivity (Wildman–Crippen MR) is 112 cm³/mol. The van der Waals surface area contributed by atoms with Crippen molar-refractivity contribution in [2.45, 2.75) is 35.4 Å². The van der Waals surface area contributed by atoms with E-state index >= 15 is 0 Å². The molecular formula is C18H23FN3O6PS. The van der Waals surface area contributed by atoms with Gasteiger partial charge in [-0.05, 0) is 0 Å². The second-order valence-corrected chi connectivity index (χ2v) is 10.3. The van der Waals surface area contributed by atoms with E-state index in [0.29, 0.717) is 6.42 Å². The van der Waals surface area contributed by atoms with Crippen LogP contribution in [-0.2, 0) is 13.6 Å². The van der Waals surface area contributed by atoms with E-state index in [2.05, 4.69) is 4.98 Å². The van der Waals surface area contributed by atoms with Gasteiger partial charge in [0, 0.05) is 0 Å². The third-order valence-corrected chi connectivity index (χ3v) is 8.19. The minimum absolute atomic E-state index is 0.0304. The Morgan fingerprint density at radius 1 is 1.37 bits per heavy atom. The normalized spacial score (nSPS) is 32.0. The first-order valence-corrected chi connectivity index (χ1v) is 12.0. The number of thioether (sulfide) groups is 1. The van der Waals surface area contributed by atoms with Crippen LogP contribution < -0.4 is 11.4 Å². The molecule has 2 aliphatic rings. The Balaban J connectivity index is 1.41. The van der Waals surface area contributed by atoms with Gasteiger partial charge in [0.05, 0.1) is 0 Å². The molecule has 0 bridgehead atoms. The molecule has 0 radical (unpaired) electrons. The fraction of sp³-hybridized carbons (Fsp3) is 0.444. The number of anilines is 1. The van der Waals surface area contributed by atoms with Gasteiger partial charge < -0.3 is 0 Å². The Labute approximate surface area is 176 Å². The number of nitrogen functional groups attached to an aromatic ring is 1. The van der Waals surface area contributed by atoms with Gasteiger partial charge in [0.2, 0.25) is 0 Å². The zero-order chi connectivity index (χ0) is 21.3. The van der Waals surface area contributed by atoms with E-state index in [4.69, 9.17) is 19.3 Å². The van der Waals surface area contributed by atoms with Crippen LogP contribution in [0.15, 0.2) is 47.4 Å². The van der Waals surface area contributed by atoms with Gasteiger partial charge >= 0.3 is 176 Å². The number of hydrogen-bond donors (Lipinski definition) is 3. The molecule has 0 aliphatic carbocycles.